The molecule has 1 aliphatic heterocycles. The van der Waals surface area contributed by atoms with Crippen molar-refractivity contribution < 1.29 is 0 Å². The van der Waals surface area contributed by atoms with E-state index in [0.29, 0.717) is 6.04 Å². The Morgan fingerprint density at radius 3 is 2.81 bits per heavy atom. The molecule has 0 aliphatic carbocycles. The Morgan fingerprint density at radius 1 is 1.19 bits per heavy atom. The first-order valence-electron chi connectivity index (χ1n) is 7.66. The second kappa shape index (κ2) is 6.69. The largest absolute Gasteiger partial charge is 0.315 e. The molecule has 1 atom stereocenters. The minimum absolute atomic E-state index is 0.296. The van der Waals surface area contributed by atoms with E-state index in [1.165, 1.54) is 28.1 Å². The molecular formula is C17H23N3S. The second-order valence-corrected chi connectivity index (χ2v) is 6.77. The molecule has 3 rings (SSSR count). The van der Waals surface area contributed by atoms with Gasteiger partial charge in [0.15, 0.2) is 0 Å². The van der Waals surface area contributed by atoms with Crippen molar-refractivity contribution in [1.82, 2.24) is 15.2 Å². The Labute approximate surface area is 131 Å². The van der Waals surface area contributed by atoms with E-state index in [-0.39, 0.29) is 0 Å². The second-order valence-electron chi connectivity index (χ2n) is 5.83. The number of hydrogen-bond donors (Lipinski definition) is 1. The van der Waals surface area contributed by atoms with Crippen LogP contribution in [-0.4, -0.2) is 36.1 Å². The molecule has 112 valence electrons. The molecule has 0 bridgehead atoms. The van der Waals surface area contributed by atoms with Gasteiger partial charge in [-0.15, -0.1) is 11.3 Å². The van der Waals surface area contributed by atoms with Gasteiger partial charge >= 0.3 is 0 Å². The van der Waals surface area contributed by atoms with Crippen molar-refractivity contribution in [2.24, 2.45) is 0 Å². The van der Waals surface area contributed by atoms with Gasteiger partial charge in [-0.1, -0.05) is 6.07 Å². The fourth-order valence-corrected chi connectivity index (χ4v) is 3.92. The minimum atomic E-state index is 0.296. The normalized spacial score (nSPS) is 18.4. The first-order valence-corrected chi connectivity index (χ1v) is 8.54. The van der Waals surface area contributed by atoms with Crippen molar-refractivity contribution >= 4 is 11.3 Å². The summed E-state index contributed by atoms with van der Waals surface area (Å²) >= 11 is 1.86. The monoisotopic (exact) mass is 301 g/mol. The van der Waals surface area contributed by atoms with Gasteiger partial charge < -0.3 is 5.32 Å². The SMILES string of the molecule is Cc1ccc(C(c2cc(C)cs2)N2CCCNCC2)nc1. The number of rotatable bonds is 3. The van der Waals surface area contributed by atoms with Crippen LogP contribution < -0.4 is 5.32 Å². The smallest absolute Gasteiger partial charge is 0.0870 e. The molecule has 0 amide bonds. The highest BCUT2D eigenvalue weighted by Crippen LogP contribution is 2.32. The molecule has 2 aromatic heterocycles. The maximum absolute atomic E-state index is 4.71. The first kappa shape index (κ1) is 14.7. The zero-order valence-electron chi connectivity index (χ0n) is 12.8. The Hall–Kier alpha value is -1.23. The summed E-state index contributed by atoms with van der Waals surface area (Å²) in [4.78, 5) is 8.70. The summed E-state index contributed by atoms with van der Waals surface area (Å²) in [6, 6.07) is 6.97. The summed E-state index contributed by atoms with van der Waals surface area (Å²) in [5.41, 5.74) is 3.74. The number of aromatic nitrogens is 1. The molecule has 1 N–H and O–H groups in total. The third-order valence-corrected chi connectivity index (χ3v) is 5.08. The van der Waals surface area contributed by atoms with Crippen LogP contribution in [0.5, 0.6) is 0 Å². The molecule has 1 saturated heterocycles. The van der Waals surface area contributed by atoms with Crippen molar-refractivity contribution in [3.63, 3.8) is 0 Å². The molecule has 0 radical (unpaired) electrons. The zero-order chi connectivity index (χ0) is 14.7. The van der Waals surface area contributed by atoms with E-state index in [0.717, 1.165) is 26.2 Å². The lowest BCUT2D eigenvalue weighted by Crippen LogP contribution is -2.33. The standard InChI is InChI=1S/C17H23N3S/c1-13-4-5-15(19-11-13)17(16-10-14(2)12-21-16)20-8-3-6-18-7-9-20/h4-5,10-12,17-18H,3,6-9H2,1-2H3. The van der Waals surface area contributed by atoms with Gasteiger partial charge in [0, 0.05) is 30.7 Å². The maximum Gasteiger partial charge on any atom is 0.0870 e. The van der Waals surface area contributed by atoms with Crippen LogP contribution in [0.4, 0.5) is 0 Å². The Bertz CT molecular complexity index is 568. The lowest BCUT2D eigenvalue weighted by Gasteiger charge is -2.29. The molecule has 0 aromatic carbocycles. The summed E-state index contributed by atoms with van der Waals surface area (Å²) < 4.78 is 0. The molecule has 1 fully saturated rings. The van der Waals surface area contributed by atoms with Gasteiger partial charge in [0.25, 0.3) is 0 Å². The van der Waals surface area contributed by atoms with Crippen LogP contribution >= 0.6 is 11.3 Å². The number of thiophene rings is 1. The van der Waals surface area contributed by atoms with E-state index in [2.05, 4.69) is 47.6 Å². The third kappa shape index (κ3) is 3.51. The quantitative estimate of drug-likeness (QED) is 0.944. The Balaban J connectivity index is 1.95. The third-order valence-electron chi connectivity index (χ3n) is 3.97. The average Bonchev–Trinajstić information content (AvgIpc) is 2.74. The molecule has 4 heteroatoms. The summed E-state index contributed by atoms with van der Waals surface area (Å²) in [6.07, 6.45) is 3.19. The summed E-state index contributed by atoms with van der Waals surface area (Å²) in [7, 11) is 0. The molecule has 21 heavy (non-hydrogen) atoms. The number of pyridine rings is 1. The maximum atomic E-state index is 4.71. The highest BCUT2D eigenvalue weighted by molar-refractivity contribution is 7.10. The highest BCUT2D eigenvalue weighted by atomic mass is 32.1. The molecule has 0 spiro atoms. The molecule has 3 nitrogen and oxygen atoms in total. The molecule has 3 heterocycles. The van der Waals surface area contributed by atoms with Crippen LogP contribution in [0.1, 0.15) is 34.2 Å². The van der Waals surface area contributed by atoms with Gasteiger partial charge in [-0.25, -0.2) is 0 Å². The Kier molecular flexibility index (Phi) is 4.68. The molecular weight excluding hydrogens is 278 g/mol. The van der Waals surface area contributed by atoms with Crippen molar-refractivity contribution in [1.29, 1.82) is 0 Å². The van der Waals surface area contributed by atoms with Crippen LogP contribution in [0.3, 0.4) is 0 Å². The lowest BCUT2D eigenvalue weighted by atomic mass is 10.1. The fraction of sp³-hybridized carbons (Fsp3) is 0.471. The highest BCUT2D eigenvalue weighted by Gasteiger charge is 2.25. The van der Waals surface area contributed by atoms with Crippen molar-refractivity contribution in [2.45, 2.75) is 26.3 Å². The Morgan fingerprint density at radius 2 is 2.10 bits per heavy atom. The van der Waals surface area contributed by atoms with Gasteiger partial charge in [0.1, 0.15) is 0 Å². The minimum Gasteiger partial charge on any atom is -0.315 e. The van der Waals surface area contributed by atoms with Crippen LogP contribution in [0.25, 0.3) is 0 Å². The number of nitrogens with zero attached hydrogens (tertiary/aromatic N) is 2. The van der Waals surface area contributed by atoms with Gasteiger partial charge in [0.05, 0.1) is 11.7 Å². The molecule has 1 aliphatic rings. The predicted molar refractivity (Wildman–Crippen MR) is 88.9 cm³/mol. The van der Waals surface area contributed by atoms with Crippen LogP contribution in [-0.2, 0) is 0 Å². The molecule has 1 unspecified atom stereocenters. The number of aryl methyl sites for hydroxylation is 2. The van der Waals surface area contributed by atoms with Crippen molar-refractivity contribution in [3.05, 3.63) is 51.5 Å². The summed E-state index contributed by atoms with van der Waals surface area (Å²) in [5, 5.41) is 5.73. The summed E-state index contributed by atoms with van der Waals surface area (Å²) in [5.74, 6) is 0. The van der Waals surface area contributed by atoms with E-state index < -0.39 is 0 Å². The number of nitrogens with one attached hydrogen (secondary N) is 1. The average molecular weight is 301 g/mol. The number of hydrogen-bond acceptors (Lipinski definition) is 4. The van der Waals surface area contributed by atoms with Crippen LogP contribution in [0, 0.1) is 13.8 Å². The van der Waals surface area contributed by atoms with Crippen LogP contribution in [0.2, 0.25) is 0 Å². The van der Waals surface area contributed by atoms with Gasteiger partial charge in [-0.2, -0.15) is 0 Å². The van der Waals surface area contributed by atoms with Crippen molar-refractivity contribution in [3.8, 4) is 0 Å². The molecule has 0 saturated carbocycles. The predicted octanol–water partition coefficient (Wildman–Crippen LogP) is 3.14. The van der Waals surface area contributed by atoms with Crippen LogP contribution in [0.15, 0.2) is 29.8 Å². The van der Waals surface area contributed by atoms with E-state index in [9.17, 15) is 0 Å². The van der Waals surface area contributed by atoms with E-state index in [1.807, 2.05) is 17.5 Å². The van der Waals surface area contributed by atoms with Crippen molar-refractivity contribution in [2.75, 3.05) is 26.2 Å². The van der Waals surface area contributed by atoms with Gasteiger partial charge in [-0.3, -0.25) is 9.88 Å². The zero-order valence-corrected chi connectivity index (χ0v) is 13.6. The van der Waals surface area contributed by atoms with E-state index in [4.69, 9.17) is 4.98 Å². The van der Waals surface area contributed by atoms with Gasteiger partial charge in [0.2, 0.25) is 0 Å². The first-order chi connectivity index (χ1) is 10.2. The fourth-order valence-electron chi connectivity index (χ4n) is 2.88. The summed E-state index contributed by atoms with van der Waals surface area (Å²) in [6.45, 7) is 8.66. The van der Waals surface area contributed by atoms with E-state index in [1.54, 1.807) is 0 Å². The lowest BCUT2D eigenvalue weighted by molar-refractivity contribution is 0.240. The van der Waals surface area contributed by atoms with Gasteiger partial charge in [-0.05, 0) is 55.5 Å². The van der Waals surface area contributed by atoms with E-state index >= 15 is 0 Å². The molecule has 2 aromatic rings. The topological polar surface area (TPSA) is 28.2 Å².